The number of allylic oxidation sites excluding steroid dienone is 1. The third kappa shape index (κ3) is 4.75. The van der Waals surface area contributed by atoms with E-state index in [1.165, 1.54) is 16.2 Å². The Balaban J connectivity index is 1.73. The first kappa shape index (κ1) is 23.0. The molecule has 1 aliphatic carbocycles. The van der Waals surface area contributed by atoms with Crippen LogP contribution in [0.1, 0.15) is 38.5 Å². The molecule has 2 aromatic rings. The number of amides is 1. The number of benzene rings is 1. The fraction of sp³-hybridized carbons (Fsp3) is 0.458. The average Bonchev–Trinajstić information content (AvgIpc) is 3.46. The van der Waals surface area contributed by atoms with Crippen molar-refractivity contribution in [2.24, 2.45) is 17.8 Å². The molecule has 0 bridgehead atoms. The Morgan fingerprint density at radius 1 is 1.25 bits per heavy atom. The van der Waals surface area contributed by atoms with Crippen LogP contribution in [0.4, 0.5) is 5.13 Å². The molecular formula is C24H27ClN2O4S. The maximum Gasteiger partial charge on any atom is 0.304 e. The molecule has 0 saturated heterocycles. The molecule has 1 aromatic carbocycles. The van der Waals surface area contributed by atoms with E-state index in [4.69, 9.17) is 11.6 Å². The molecule has 6 nitrogen and oxygen atoms in total. The normalized spacial score (nSPS) is 24.5. The number of nitrogens with zero attached hydrogens (tertiary/aromatic N) is 2. The van der Waals surface area contributed by atoms with Gasteiger partial charge in [0.15, 0.2) is 5.13 Å². The van der Waals surface area contributed by atoms with E-state index < -0.39 is 17.9 Å². The lowest BCUT2D eigenvalue weighted by Gasteiger charge is -2.37. The van der Waals surface area contributed by atoms with E-state index in [0.29, 0.717) is 28.2 Å². The molecule has 8 heteroatoms. The second-order valence-corrected chi connectivity index (χ2v) is 9.77. The summed E-state index contributed by atoms with van der Waals surface area (Å²) in [6.07, 6.45) is 8.59. The van der Waals surface area contributed by atoms with Gasteiger partial charge in [0.05, 0.1) is 30.7 Å². The molecule has 4 rings (SSSR count). The van der Waals surface area contributed by atoms with Gasteiger partial charge in [-0.3, -0.25) is 14.5 Å². The highest BCUT2D eigenvalue weighted by Gasteiger charge is 2.41. The molecule has 3 unspecified atom stereocenters. The number of hydrogen-bond donors (Lipinski definition) is 2. The van der Waals surface area contributed by atoms with Crippen molar-refractivity contribution in [3.8, 4) is 11.3 Å². The van der Waals surface area contributed by atoms with E-state index in [1.54, 1.807) is 6.07 Å². The van der Waals surface area contributed by atoms with Gasteiger partial charge >= 0.3 is 5.97 Å². The van der Waals surface area contributed by atoms with Crippen LogP contribution in [0.2, 0.25) is 5.02 Å². The highest BCUT2D eigenvalue weighted by molar-refractivity contribution is 7.14. The van der Waals surface area contributed by atoms with E-state index in [-0.39, 0.29) is 24.9 Å². The molecule has 1 aliphatic heterocycles. The predicted molar refractivity (Wildman–Crippen MR) is 126 cm³/mol. The van der Waals surface area contributed by atoms with Crippen molar-refractivity contribution >= 4 is 39.9 Å². The van der Waals surface area contributed by atoms with Gasteiger partial charge in [-0.2, -0.15) is 0 Å². The second kappa shape index (κ2) is 10.1. The molecule has 1 fully saturated rings. The Hall–Kier alpha value is -2.22. The quantitative estimate of drug-likeness (QED) is 0.574. The van der Waals surface area contributed by atoms with Crippen molar-refractivity contribution in [2.45, 2.75) is 44.6 Å². The molecule has 0 spiro atoms. The maximum atomic E-state index is 13.8. The molecule has 2 N–H and O–H groups in total. The minimum absolute atomic E-state index is 0.0255. The highest BCUT2D eigenvalue weighted by atomic mass is 35.5. The molecule has 1 aromatic heterocycles. The Bertz CT molecular complexity index is 1000. The number of carboxylic acid groups (broad SMARTS) is 1. The number of hydrogen-bond acceptors (Lipinski definition) is 5. The van der Waals surface area contributed by atoms with Gasteiger partial charge in [-0.1, -0.05) is 67.6 Å². The number of anilines is 1. The number of rotatable bonds is 6. The lowest BCUT2D eigenvalue weighted by Crippen LogP contribution is -2.48. The van der Waals surface area contributed by atoms with Gasteiger partial charge < -0.3 is 10.2 Å². The number of halogens is 1. The van der Waals surface area contributed by atoms with Crippen LogP contribution < -0.4 is 4.90 Å². The van der Waals surface area contributed by atoms with Gasteiger partial charge in [0, 0.05) is 16.0 Å². The molecule has 2 heterocycles. The molecule has 1 saturated carbocycles. The first-order chi connectivity index (χ1) is 15.5. The van der Waals surface area contributed by atoms with Crippen LogP contribution in [0.15, 0.2) is 41.8 Å². The van der Waals surface area contributed by atoms with Gasteiger partial charge in [-0.05, 0) is 24.3 Å². The summed E-state index contributed by atoms with van der Waals surface area (Å²) in [7, 11) is 0. The van der Waals surface area contributed by atoms with Crippen molar-refractivity contribution in [3.63, 3.8) is 0 Å². The van der Waals surface area contributed by atoms with E-state index in [2.05, 4.69) is 4.98 Å². The smallest absolute Gasteiger partial charge is 0.304 e. The van der Waals surface area contributed by atoms with Gasteiger partial charge in [-0.25, -0.2) is 4.98 Å². The Morgan fingerprint density at radius 2 is 2.00 bits per heavy atom. The zero-order valence-corrected chi connectivity index (χ0v) is 19.3. The second-order valence-electron chi connectivity index (χ2n) is 8.53. The highest BCUT2D eigenvalue weighted by Crippen LogP contribution is 2.42. The van der Waals surface area contributed by atoms with Gasteiger partial charge in [-0.15, -0.1) is 11.3 Å². The van der Waals surface area contributed by atoms with Crippen LogP contribution >= 0.6 is 22.9 Å². The van der Waals surface area contributed by atoms with Gasteiger partial charge in [0.1, 0.15) is 0 Å². The standard InChI is InChI=1S/C24H27ClN2O4S/c25-20-11-4-3-9-18(20)21-14-32-24(26-21)27-16(13-28)8-5-10-17(15-6-1-2-7-15)19(23(27)31)12-22(29)30/h3-5,8-9,11,14-17,19,28H,1-2,6-7,10,12-13H2,(H,29,30). The van der Waals surface area contributed by atoms with E-state index in [0.717, 1.165) is 31.2 Å². The molecular weight excluding hydrogens is 448 g/mol. The Labute approximate surface area is 196 Å². The molecule has 3 atom stereocenters. The van der Waals surface area contributed by atoms with Crippen LogP contribution in [0.3, 0.4) is 0 Å². The number of carboxylic acids is 1. The summed E-state index contributed by atoms with van der Waals surface area (Å²) in [6, 6.07) is 6.77. The SMILES string of the molecule is O=C(O)CC1C(=O)N(c2nc(-c3ccccc3Cl)cs2)C(CO)C=CCC1C1CCCC1. The summed E-state index contributed by atoms with van der Waals surface area (Å²) >= 11 is 7.62. The number of aliphatic carboxylic acids is 1. The minimum Gasteiger partial charge on any atom is -0.481 e. The minimum atomic E-state index is -0.979. The summed E-state index contributed by atoms with van der Waals surface area (Å²) in [5.41, 5.74) is 1.41. The Kier molecular flexibility index (Phi) is 7.28. The monoisotopic (exact) mass is 474 g/mol. The fourth-order valence-corrected chi connectivity index (χ4v) is 6.17. The van der Waals surface area contributed by atoms with Gasteiger partial charge in [0.2, 0.25) is 5.91 Å². The zero-order valence-electron chi connectivity index (χ0n) is 17.7. The summed E-state index contributed by atoms with van der Waals surface area (Å²) in [5.74, 6) is -1.58. The van der Waals surface area contributed by atoms with Crippen molar-refractivity contribution in [1.29, 1.82) is 0 Å². The molecule has 1 amide bonds. The molecule has 2 aliphatic rings. The van der Waals surface area contributed by atoms with Crippen molar-refractivity contribution in [3.05, 3.63) is 46.8 Å². The first-order valence-corrected chi connectivity index (χ1v) is 12.3. The lowest BCUT2D eigenvalue weighted by molar-refractivity contribution is -0.142. The summed E-state index contributed by atoms with van der Waals surface area (Å²) in [5, 5.41) is 22.5. The van der Waals surface area contributed by atoms with Crippen LogP contribution in [-0.4, -0.2) is 39.7 Å². The zero-order chi connectivity index (χ0) is 22.7. The topological polar surface area (TPSA) is 90.7 Å². The van der Waals surface area contributed by atoms with Gasteiger partial charge in [0.25, 0.3) is 0 Å². The van der Waals surface area contributed by atoms with E-state index in [1.807, 2.05) is 35.7 Å². The largest absolute Gasteiger partial charge is 0.481 e. The summed E-state index contributed by atoms with van der Waals surface area (Å²) in [4.78, 5) is 31.7. The lowest BCUT2D eigenvalue weighted by atomic mass is 9.75. The van der Waals surface area contributed by atoms with E-state index >= 15 is 0 Å². The van der Waals surface area contributed by atoms with Crippen molar-refractivity contribution in [1.82, 2.24) is 4.98 Å². The van der Waals surface area contributed by atoms with Crippen LogP contribution in [0, 0.1) is 17.8 Å². The van der Waals surface area contributed by atoms with Crippen LogP contribution in [0.25, 0.3) is 11.3 Å². The number of aliphatic hydroxyl groups is 1. The number of aromatic nitrogens is 1. The Morgan fingerprint density at radius 3 is 2.69 bits per heavy atom. The molecule has 170 valence electrons. The third-order valence-corrected chi connectivity index (χ3v) is 7.77. The van der Waals surface area contributed by atoms with Crippen LogP contribution in [-0.2, 0) is 9.59 Å². The number of thiazole rings is 1. The number of aliphatic hydroxyl groups excluding tert-OH is 1. The first-order valence-electron chi connectivity index (χ1n) is 11.0. The molecule has 32 heavy (non-hydrogen) atoms. The van der Waals surface area contributed by atoms with Crippen molar-refractivity contribution < 1.29 is 19.8 Å². The summed E-state index contributed by atoms with van der Waals surface area (Å²) in [6.45, 7) is -0.267. The number of carbonyl (C=O) groups is 2. The molecule has 0 radical (unpaired) electrons. The average molecular weight is 475 g/mol. The third-order valence-electron chi connectivity index (χ3n) is 6.60. The predicted octanol–water partition coefficient (Wildman–Crippen LogP) is 5.01. The van der Waals surface area contributed by atoms with Crippen molar-refractivity contribution in [2.75, 3.05) is 11.5 Å². The maximum absolute atomic E-state index is 13.8. The number of carbonyl (C=O) groups excluding carboxylic acids is 1. The van der Waals surface area contributed by atoms with E-state index in [9.17, 15) is 19.8 Å². The fourth-order valence-electron chi connectivity index (χ4n) is 5.05. The summed E-state index contributed by atoms with van der Waals surface area (Å²) < 4.78 is 0. The van der Waals surface area contributed by atoms with Crippen LogP contribution in [0.5, 0.6) is 0 Å².